The molecule has 0 saturated carbocycles. The Morgan fingerprint density at radius 1 is 1.63 bits per heavy atom. The second-order valence-corrected chi connectivity index (χ2v) is 5.03. The number of H-pyrrole nitrogens is 1. The lowest BCUT2D eigenvalue weighted by Gasteiger charge is -2.34. The Hall–Kier alpha value is -1.89. The average molecular weight is 266 g/mol. The highest BCUT2D eigenvalue weighted by molar-refractivity contribution is 5.93. The van der Waals surface area contributed by atoms with Crippen molar-refractivity contribution in [2.75, 3.05) is 13.1 Å². The van der Waals surface area contributed by atoms with Crippen molar-refractivity contribution in [2.45, 2.75) is 25.8 Å². The van der Waals surface area contributed by atoms with Crippen molar-refractivity contribution in [1.29, 1.82) is 0 Å². The van der Waals surface area contributed by atoms with Gasteiger partial charge < -0.3 is 20.7 Å². The molecule has 7 nitrogen and oxygen atoms in total. The van der Waals surface area contributed by atoms with E-state index in [1.165, 1.54) is 12.1 Å². The summed E-state index contributed by atoms with van der Waals surface area (Å²) in [7, 11) is 0. The Kier molecular flexibility index (Phi) is 3.84. The van der Waals surface area contributed by atoms with Gasteiger partial charge in [0.05, 0.1) is 0 Å². The predicted molar refractivity (Wildman–Crippen MR) is 69.7 cm³/mol. The molecule has 3 N–H and O–H groups in total. The van der Waals surface area contributed by atoms with Crippen LogP contribution in [0, 0.1) is 16.0 Å². The SMILES string of the molecule is CC(N)C1CCCN(C(=O)c2ccc([N+](=O)[O-])[nH]2)C1. The van der Waals surface area contributed by atoms with E-state index in [0.29, 0.717) is 19.0 Å². The van der Waals surface area contributed by atoms with Crippen LogP contribution >= 0.6 is 0 Å². The van der Waals surface area contributed by atoms with Gasteiger partial charge in [-0.2, -0.15) is 0 Å². The number of likely N-dealkylation sites (tertiary alicyclic amines) is 1. The van der Waals surface area contributed by atoms with Crippen molar-refractivity contribution in [3.05, 3.63) is 27.9 Å². The van der Waals surface area contributed by atoms with Gasteiger partial charge in [-0.05, 0) is 36.7 Å². The molecule has 2 heterocycles. The molecule has 1 aliphatic rings. The van der Waals surface area contributed by atoms with E-state index in [4.69, 9.17) is 5.73 Å². The van der Waals surface area contributed by atoms with Crippen LogP contribution in [-0.4, -0.2) is 39.8 Å². The average Bonchev–Trinajstić information content (AvgIpc) is 2.87. The Morgan fingerprint density at radius 2 is 2.37 bits per heavy atom. The van der Waals surface area contributed by atoms with Crippen LogP contribution in [0.3, 0.4) is 0 Å². The van der Waals surface area contributed by atoms with Crippen LogP contribution in [0.15, 0.2) is 12.1 Å². The normalized spacial score (nSPS) is 21.2. The number of nitrogens with zero attached hydrogens (tertiary/aromatic N) is 2. The van der Waals surface area contributed by atoms with Crippen LogP contribution in [0.1, 0.15) is 30.3 Å². The molecule has 0 radical (unpaired) electrons. The smallest absolute Gasteiger partial charge is 0.321 e. The van der Waals surface area contributed by atoms with E-state index in [-0.39, 0.29) is 23.5 Å². The van der Waals surface area contributed by atoms with Crippen molar-refractivity contribution >= 4 is 11.7 Å². The highest BCUT2D eigenvalue weighted by atomic mass is 16.6. The van der Waals surface area contributed by atoms with E-state index in [9.17, 15) is 14.9 Å². The van der Waals surface area contributed by atoms with Crippen LogP contribution in [0.2, 0.25) is 0 Å². The Labute approximate surface area is 110 Å². The quantitative estimate of drug-likeness (QED) is 0.631. The molecule has 1 aromatic heterocycles. The number of nitro groups is 1. The van der Waals surface area contributed by atoms with Crippen LogP contribution in [-0.2, 0) is 0 Å². The Balaban J connectivity index is 2.08. The Bertz CT molecular complexity index is 483. The topological polar surface area (TPSA) is 105 Å². The standard InChI is InChI=1S/C12H18N4O3/c1-8(13)9-3-2-6-15(7-9)12(17)10-4-5-11(14-10)16(18)19/h4-5,8-9,14H,2-3,6-7,13H2,1H3. The zero-order chi connectivity index (χ0) is 14.0. The highest BCUT2D eigenvalue weighted by Crippen LogP contribution is 2.21. The molecule has 0 aliphatic carbocycles. The number of hydrogen-bond donors (Lipinski definition) is 2. The van der Waals surface area contributed by atoms with E-state index in [1.807, 2.05) is 6.92 Å². The summed E-state index contributed by atoms with van der Waals surface area (Å²) in [5.74, 6) is -0.0646. The van der Waals surface area contributed by atoms with Gasteiger partial charge in [0.25, 0.3) is 5.91 Å². The minimum atomic E-state index is -0.544. The molecule has 7 heteroatoms. The molecular weight excluding hydrogens is 248 g/mol. The molecule has 2 atom stereocenters. The second-order valence-electron chi connectivity index (χ2n) is 5.03. The summed E-state index contributed by atoms with van der Waals surface area (Å²) in [5, 5.41) is 10.6. The number of aromatic amines is 1. The van der Waals surface area contributed by atoms with E-state index in [2.05, 4.69) is 4.98 Å². The second kappa shape index (κ2) is 5.40. The first kappa shape index (κ1) is 13.5. The van der Waals surface area contributed by atoms with Gasteiger partial charge >= 0.3 is 5.82 Å². The molecule has 1 saturated heterocycles. The van der Waals surface area contributed by atoms with Crippen molar-refractivity contribution in [3.63, 3.8) is 0 Å². The number of piperidine rings is 1. The van der Waals surface area contributed by atoms with E-state index < -0.39 is 4.92 Å². The molecular formula is C12H18N4O3. The maximum atomic E-state index is 12.2. The Morgan fingerprint density at radius 3 is 2.95 bits per heavy atom. The third-order valence-electron chi connectivity index (χ3n) is 3.59. The summed E-state index contributed by atoms with van der Waals surface area (Å²) in [6, 6.07) is 2.81. The number of carbonyl (C=O) groups is 1. The van der Waals surface area contributed by atoms with Gasteiger partial charge in [-0.3, -0.25) is 4.79 Å². The fourth-order valence-corrected chi connectivity index (χ4v) is 2.41. The van der Waals surface area contributed by atoms with E-state index in [1.54, 1.807) is 4.90 Å². The van der Waals surface area contributed by atoms with Crippen molar-refractivity contribution in [2.24, 2.45) is 11.7 Å². The molecule has 1 fully saturated rings. The third kappa shape index (κ3) is 2.93. The van der Waals surface area contributed by atoms with E-state index in [0.717, 1.165) is 12.8 Å². The van der Waals surface area contributed by atoms with Crippen molar-refractivity contribution < 1.29 is 9.72 Å². The molecule has 2 unspecified atom stereocenters. The van der Waals surface area contributed by atoms with Crippen LogP contribution < -0.4 is 5.73 Å². The van der Waals surface area contributed by atoms with Crippen molar-refractivity contribution in [3.8, 4) is 0 Å². The fraction of sp³-hybridized carbons (Fsp3) is 0.583. The van der Waals surface area contributed by atoms with E-state index >= 15 is 0 Å². The summed E-state index contributed by atoms with van der Waals surface area (Å²) >= 11 is 0. The first-order valence-electron chi connectivity index (χ1n) is 6.37. The van der Waals surface area contributed by atoms with Gasteiger partial charge in [0, 0.05) is 25.2 Å². The summed E-state index contributed by atoms with van der Waals surface area (Å²) in [5.41, 5.74) is 6.14. The minimum absolute atomic E-state index is 0.0496. The highest BCUT2D eigenvalue weighted by Gasteiger charge is 2.28. The summed E-state index contributed by atoms with van der Waals surface area (Å²) in [6.45, 7) is 3.23. The molecule has 0 spiro atoms. The first-order chi connectivity index (χ1) is 8.99. The molecule has 0 aromatic carbocycles. The number of amides is 1. The van der Waals surface area contributed by atoms with Gasteiger partial charge in [0.2, 0.25) is 0 Å². The maximum Gasteiger partial charge on any atom is 0.321 e. The molecule has 1 aliphatic heterocycles. The van der Waals surface area contributed by atoms with Crippen LogP contribution in [0.25, 0.3) is 0 Å². The van der Waals surface area contributed by atoms with Gasteiger partial charge in [0.1, 0.15) is 0 Å². The number of nitrogens with one attached hydrogen (secondary N) is 1. The lowest BCUT2D eigenvalue weighted by Crippen LogP contribution is -2.45. The summed E-state index contributed by atoms with van der Waals surface area (Å²) in [4.78, 5) is 26.5. The number of hydrogen-bond acceptors (Lipinski definition) is 4. The van der Waals surface area contributed by atoms with Gasteiger partial charge in [-0.15, -0.1) is 0 Å². The molecule has 2 rings (SSSR count). The fourth-order valence-electron chi connectivity index (χ4n) is 2.41. The minimum Gasteiger partial charge on any atom is -0.358 e. The monoisotopic (exact) mass is 266 g/mol. The molecule has 0 bridgehead atoms. The number of nitrogens with two attached hydrogens (primary N) is 1. The number of rotatable bonds is 3. The molecule has 1 amide bonds. The first-order valence-corrected chi connectivity index (χ1v) is 6.37. The third-order valence-corrected chi connectivity index (χ3v) is 3.59. The zero-order valence-corrected chi connectivity index (χ0v) is 10.8. The van der Waals surface area contributed by atoms with Crippen LogP contribution in [0.5, 0.6) is 0 Å². The largest absolute Gasteiger partial charge is 0.358 e. The van der Waals surface area contributed by atoms with Crippen molar-refractivity contribution in [1.82, 2.24) is 9.88 Å². The summed E-state index contributed by atoms with van der Waals surface area (Å²) in [6.07, 6.45) is 1.94. The lowest BCUT2D eigenvalue weighted by atomic mass is 9.92. The maximum absolute atomic E-state index is 12.2. The lowest BCUT2D eigenvalue weighted by molar-refractivity contribution is -0.389. The molecule has 1 aromatic rings. The predicted octanol–water partition coefficient (Wildman–Crippen LogP) is 1.12. The molecule has 19 heavy (non-hydrogen) atoms. The zero-order valence-electron chi connectivity index (χ0n) is 10.8. The molecule has 104 valence electrons. The number of aromatic nitrogens is 1. The van der Waals surface area contributed by atoms with Crippen LogP contribution in [0.4, 0.5) is 5.82 Å². The summed E-state index contributed by atoms with van der Waals surface area (Å²) < 4.78 is 0. The van der Waals surface area contributed by atoms with Gasteiger partial charge in [0.15, 0.2) is 5.69 Å². The number of carbonyl (C=O) groups excluding carboxylic acids is 1. The van der Waals surface area contributed by atoms with Gasteiger partial charge in [-0.25, -0.2) is 4.98 Å². The van der Waals surface area contributed by atoms with Gasteiger partial charge in [-0.1, -0.05) is 0 Å².